The Morgan fingerprint density at radius 1 is 1.24 bits per heavy atom. The van der Waals surface area contributed by atoms with E-state index in [9.17, 15) is 4.79 Å². The minimum Gasteiger partial charge on any atom is -0.485 e. The number of ether oxygens (including phenoxy) is 2. The Balaban J connectivity index is 1.50. The molecule has 1 aromatic heterocycles. The molecule has 6 heteroatoms. The summed E-state index contributed by atoms with van der Waals surface area (Å²) in [6.07, 6.45) is 3.16. The molecule has 2 aromatic carbocycles. The SMILES string of the molecule is O=C(O)c1cnc(Oc2ccc3c(c2)CC[C@@H](c2ccccc2)O3)s1. The molecule has 0 unspecified atom stereocenters. The molecular formula is C19H15NO4S. The fourth-order valence-corrected chi connectivity index (χ4v) is 3.46. The van der Waals surface area contributed by atoms with Crippen LogP contribution in [0.4, 0.5) is 0 Å². The first-order valence-electron chi connectivity index (χ1n) is 7.90. The van der Waals surface area contributed by atoms with E-state index >= 15 is 0 Å². The van der Waals surface area contributed by atoms with Gasteiger partial charge in [0.15, 0.2) is 0 Å². The van der Waals surface area contributed by atoms with Crippen molar-refractivity contribution in [1.29, 1.82) is 0 Å². The van der Waals surface area contributed by atoms with E-state index < -0.39 is 5.97 Å². The predicted molar refractivity (Wildman–Crippen MR) is 93.7 cm³/mol. The molecule has 3 aromatic rings. The molecule has 1 atom stereocenters. The quantitative estimate of drug-likeness (QED) is 0.736. The van der Waals surface area contributed by atoms with Gasteiger partial charge in [0.25, 0.3) is 5.19 Å². The number of nitrogens with zero attached hydrogens (tertiary/aromatic N) is 1. The number of hydrogen-bond acceptors (Lipinski definition) is 5. The molecule has 0 spiro atoms. The Bertz CT molecular complexity index is 907. The Morgan fingerprint density at radius 3 is 2.84 bits per heavy atom. The summed E-state index contributed by atoms with van der Waals surface area (Å²) in [5.74, 6) is 0.489. The maximum absolute atomic E-state index is 10.9. The monoisotopic (exact) mass is 353 g/mol. The van der Waals surface area contributed by atoms with Crippen LogP contribution in [0.1, 0.15) is 33.3 Å². The Morgan fingerprint density at radius 2 is 2.08 bits per heavy atom. The molecule has 126 valence electrons. The minimum atomic E-state index is -1.00. The van der Waals surface area contributed by atoms with Gasteiger partial charge in [0.05, 0.1) is 6.20 Å². The molecule has 1 N–H and O–H groups in total. The van der Waals surface area contributed by atoms with Gasteiger partial charge in [-0.25, -0.2) is 9.78 Å². The van der Waals surface area contributed by atoms with Crippen molar-refractivity contribution in [2.45, 2.75) is 18.9 Å². The van der Waals surface area contributed by atoms with Crippen LogP contribution in [0.5, 0.6) is 16.7 Å². The first-order chi connectivity index (χ1) is 12.2. The number of rotatable bonds is 4. The predicted octanol–water partition coefficient (Wildman–Crippen LogP) is 4.70. The van der Waals surface area contributed by atoms with Crippen molar-refractivity contribution in [2.75, 3.05) is 0 Å². The van der Waals surface area contributed by atoms with Crippen LogP contribution >= 0.6 is 11.3 Å². The maximum atomic E-state index is 10.9. The average Bonchev–Trinajstić information content (AvgIpc) is 3.11. The maximum Gasteiger partial charge on any atom is 0.347 e. The lowest BCUT2D eigenvalue weighted by molar-refractivity contribution is 0.0702. The lowest BCUT2D eigenvalue weighted by Gasteiger charge is -2.26. The molecule has 0 fully saturated rings. The number of carboxylic acid groups (broad SMARTS) is 1. The van der Waals surface area contributed by atoms with Crippen LogP contribution in [0.2, 0.25) is 0 Å². The number of benzene rings is 2. The lowest BCUT2D eigenvalue weighted by atomic mass is 9.97. The summed E-state index contributed by atoms with van der Waals surface area (Å²) in [6, 6.07) is 15.8. The van der Waals surface area contributed by atoms with Crippen LogP contribution in [0, 0.1) is 0 Å². The third kappa shape index (κ3) is 3.34. The fourth-order valence-electron chi connectivity index (χ4n) is 2.84. The zero-order valence-electron chi connectivity index (χ0n) is 13.2. The molecule has 0 amide bonds. The van der Waals surface area contributed by atoms with E-state index in [0.717, 1.165) is 35.5 Å². The van der Waals surface area contributed by atoms with E-state index in [1.165, 1.54) is 11.8 Å². The number of aryl methyl sites for hydroxylation is 1. The summed E-state index contributed by atoms with van der Waals surface area (Å²) >= 11 is 1.01. The van der Waals surface area contributed by atoms with Crippen LogP contribution in [0.15, 0.2) is 54.7 Å². The van der Waals surface area contributed by atoms with E-state index in [0.29, 0.717) is 10.9 Å². The summed E-state index contributed by atoms with van der Waals surface area (Å²) in [7, 11) is 0. The van der Waals surface area contributed by atoms with Crippen molar-refractivity contribution < 1.29 is 19.4 Å². The highest BCUT2D eigenvalue weighted by Gasteiger charge is 2.22. The van der Waals surface area contributed by atoms with Crippen molar-refractivity contribution in [1.82, 2.24) is 4.98 Å². The number of hydrogen-bond donors (Lipinski definition) is 1. The molecule has 0 saturated carbocycles. The second-order valence-electron chi connectivity index (χ2n) is 5.72. The van der Waals surface area contributed by atoms with Gasteiger partial charge < -0.3 is 14.6 Å². The van der Waals surface area contributed by atoms with E-state index in [4.69, 9.17) is 14.6 Å². The third-order valence-electron chi connectivity index (χ3n) is 4.05. The molecule has 0 aliphatic carbocycles. The van der Waals surface area contributed by atoms with Crippen LogP contribution in [-0.2, 0) is 6.42 Å². The molecule has 4 rings (SSSR count). The second-order valence-corrected chi connectivity index (χ2v) is 6.72. The van der Waals surface area contributed by atoms with Crippen molar-refractivity contribution >= 4 is 17.3 Å². The van der Waals surface area contributed by atoms with Crippen molar-refractivity contribution in [2.24, 2.45) is 0 Å². The Labute approximate surface area is 148 Å². The van der Waals surface area contributed by atoms with E-state index in [2.05, 4.69) is 17.1 Å². The summed E-state index contributed by atoms with van der Waals surface area (Å²) in [5, 5.41) is 9.26. The van der Waals surface area contributed by atoms with Crippen molar-refractivity contribution in [3.63, 3.8) is 0 Å². The average molecular weight is 353 g/mol. The third-order valence-corrected chi connectivity index (χ3v) is 4.91. The Hall–Kier alpha value is -2.86. The number of aromatic nitrogens is 1. The molecule has 0 saturated heterocycles. The van der Waals surface area contributed by atoms with Gasteiger partial charge in [-0.3, -0.25) is 0 Å². The summed E-state index contributed by atoms with van der Waals surface area (Å²) in [5.41, 5.74) is 2.26. The summed E-state index contributed by atoms with van der Waals surface area (Å²) in [6.45, 7) is 0. The van der Waals surface area contributed by atoms with Crippen LogP contribution in [-0.4, -0.2) is 16.1 Å². The van der Waals surface area contributed by atoms with E-state index in [1.54, 1.807) is 0 Å². The first-order valence-corrected chi connectivity index (χ1v) is 8.72. The summed E-state index contributed by atoms with van der Waals surface area (Å²) < 4.78 is 11.8. The van der Waals surface area contributed by atoms with Crippen molar-refractivity contribution in [3.8, 4) is 16.7 Å². The molecule has 2 heterocycles. The molecule has 1 aliphatic heterocycles. The number of carbonyl (C=O) groups is 1. The standard InChI is InChI=1S/C19H15NO4S/c21-18(22)17-11-20-19(25-17)23-14-7-9-16-13(10-14)6-8-15(24-16)12-4-2-1-3-5-12/h1-5,7,9-11,15H,6,8H2,(H,21,22)/t15-/m0/s1. The normalized spacial score (nSPS) is 15.9. The van der Waals surface area contributed by atoms with E-state index in [1.807, 2.05) is 36.4 Å². The molecule has 0 bridgehead atoms. The van der Waals surface area contributed by atoms with Gasteiger partial charge in [-0.05, 0) is 42.2 Å². The number of aromatic carboxylic acids is 1. The van der Waals surface area contributed by atoms with Gasteiger partial charge in [-0.15, -0.1) is 0 Å². The Kier molecular flexibility index (Phi) is 4.11. The molecule has 25 heavy (non-hydrogen) atoms. The summed E-state index contributed by atoms with van der Waals surface area (Å²) in [4.78, 5) is 15.0. The van der Waals surface area contributed by atoms with Crippen LogP contribution in [0.3, 0.4) is 0 Å². The smallest absolute Gasteiger partial charge is 0.347 e. The molecule has 0 radical (unpaired) electrons. The van der Waals surface area contributed by atoms with Crippen LogP contribution in [0.25, 0.3) is 0 Å². The zero-order chi connectivity index (χ0) is 17.2. The van der Waals surface area contributed by atoms with Gasteiger partial charge >= 0.3 is 5.97 Å². The molecule has 1 aliphatic rings. The minimum absolute atomic E-state index is 0.0672. The number of carboxylic acids is 1. The highest BCUT2D eigenvalue weighted by Crippen LogP contribution is 2.37. The van der Waals surface area contributed by atoms with Crippen molar-refractivity contribution in [3.05, 3.63) is 70.7 Å². The van der Waals surface area contributed by atoms with Gasteiger partial charge in [0.1, 0.15) is 22.5 Å². The molecule has 5 nitrogen and oxygen atoms in total. The fraction of sp³-hybridized carbons (Fsp3) is 0.158. The van der Waals surface area contributed by atoms with Gasteiger partial charge in [-0.2, -0.15) is 0 Å². The lowest BCUT2D eigenvalue weighted by Crippen LogP contribution is -2.15. The largest absolute Gasteiger partial charge is 0.485 e. The highest BCUT2D eigenvalue weighted by atomic mass is 32.1. The second kappa shape index (κ2) is 6.57. The molecular weight excluding hydrogens is 338 g/mol. The highest BCUT2D eigenvalue weighted by molar-refractivity contribution is 7.15. The number of thiazole rings is 1. The number of fused-ring (bicyclic) bond motifs is 1. The van der Waals surface area contributed by atoms with Gasteiger partial charge in [0.2, 0.25) is 0 Å². The zero-order valence-corrected chi connectivity index (χ0v) is 14.0. The topological polar surface area (TPSA) is 68.7 Å². The van der Waals surface area contributed by atoms with Gasteiger partial charge in [-0.1, -0.05) is 41.7 Å². The van der Waals surface area contributed by atoms with Gasteiger partial charge in [0, 0.05) is 0 Å². The first kappa shape index (κ1) is 15.7. The van der Waals surface area contributed by atoms with E-state index in [-0.39, 0.29) is 11.0 Å². The van der Waals surface area contributed by atoms with Crippen LogP contribution < -0.4 is 9.47 Å².